The van der Waals surface area contributed by atoms with Crippen LogP contribution in [0.2, 0.25) is 0 Å². The Morgan fingerprint density at radius 1 is 1.17 bits per heavy atom. The van der Waals surface area contributed by atoms with Crippen molar-refractivity contribution in [2.45, 2.75) is 6.54 Å². The largest absolute Gasteiger partial charge is 0.394 e. The van der Waals surface area contributed by atoms with E-state index in [0.29, 0.717) is 24.0 Å². The zero-order valence-electron chi connectivity index (χ0n) is 12.6. The Bertz CT molecular complexity index is 965. The van der Waals surface area contributed by atoms with E-state index >= 15 is 0 Å². The summed E-state index contributed by atoms with van der Waals surface area (Å²) in [4.78, 5) is 14.4. The summed E-state index contributed by atoms with van der Waals surface area (Å²) in [6.45, 7) is 0.506. The van der Waals surface area contributed by atoms with Crippen LogP contribution in [-0.2, 0) is 6.54 Å². The molecule has 8 heteroatoms. The minimum atomic E-state index is 0.0488. The zero-order chi connectivity index (χ0) is 16.4. The van der Waals surface area contributed by atoms with Gasteiger partial charge in [0.15, 0.2) is 11.6 Å². The van der Waals surface area contributed by atoms with Crippen molar-refractivity contribution in [3.8, 4) is 11.5 Å². The van der Waals surface area contributed by atoms with Crippen molar-refractivity contribution >= 4 is 33.2 Å². The molecule has 4 heterocycles. The summed E-state index contributed by atoms with van der Waals surface area (Å²) in [7, 11) is 0. The maximum atomic E-state index is 8.99. The van der Waals surface area contributed by atoms with Crippen molar-refractivity contribution in [3.05, 3.63) is 48.1 Å². The van der Waals surface area contributed by atoms with Crippen LogP contribution in [-0.4, -0.2) is 36.4 Å². The van der Waals surface area contributed by atoms with Crippen LogP contribution in [0, 0.1) is 0 Å². The molecule has 2 N–H and O–H groups in total. The maximum absolute atomic E-state index is 8.99. The molecule has 7 nitrogen and oxygen atoms in total. The van der Waals surface area contributed by atoms with Crippen LogP contribution in [0.25, 0.3) is 21.7 Å². The van der Waals surface area contributed by atoms with Gasteiger partial charge in [-0.05, 0) is 23.6 Å². The Morgan fingerprint density at radius 2 is 2.12 bits per heavy atom. The lowest BCUT2D eigenvalue weighted by molar-refractivity contribution is 0.269. The molecular formula is C16H14N6OS. The van der Waals surface area contributed by atoms with Crippen molar-refractivity contribution in [1.29, 1.82) is 0 Å². The smallest absolute Gasteiger partial charge is 0.181 e. The van der Waals surface area contributed by atoms with E-state index in [1.807, 2.05) is 41.9 Å². The molecule has 0 atom stereocenters. The van der Waals surface area contributed by atoms with Gasteiger partial charge < -0.3 is 10.4 Å². The second kappa shape index (κ2) is 6.34. The Morgan fingerprint density at radius 3 is 2.96 bits per heavy atom. The normalized spacial score (nSPS) is 11.0. The van der Waals surface area contributed by atoms with E-state index < -0.39 is 0 Å². The highest BCUT2D eigenvalue weighted by Gasteiger charge is 2.12. The predicted octanol–water partition coefficient (Wildman–Crippen LogP) is 2.69. The molecule has 0 aliphatic carbocycles. The van der Waals surface area contributed by atoms with Gasteiger partial charge in [0.2, 0.25) is 0 Å². The maximum Gasteiger partial charge on any atom is 0.181 e. The number of hydrogen-bond acceptors (Lipinski definition) is 7. The van der Waals surface area contributed by atoms with Crippen LogP contribution < -0.4 is 5.32 Å². The Hall–Kier alpha value is -2.84. The lowest BCUT2D eigenvalue weighted by atomic mass is 10.3. The van der Waals surface area contributed by atoms with Crippen LogP contribution in [0.5, 0.6) is 0 Å². The number of thiophene rings is 1. The summed E-state index contributed by atoms with van der Waals surface area (Å²) in [5, 5.41) is 19.5. The van der Waals surface area contributed by atoms with E-state index in [9.17, 15) is 0 Å². The molecule has 0 aliphatic rings. The van der Waals surface area contributed by atoms with Gasteiger partial charge >= 0.3 is 0 Å². The number of rotatable bonds is 5. The van der Waals surface area contributed by atoms with Gasteiger partial charge in [-0.25, -0.2) is 9.97 Å². The van der Waals surface area contributed by atoms with Gasteiger partial charge in [0.25, 0.3) is 0 Å². The highest BCUT2D eigenvalue weighted by molar-refractivity contribution is 7.16. The average Bonchev–Trinajstić information content (AvgIpc) is 3.25. The van der Waals surface area contributed by atoms with Gasteiger partial charge in [0, 0.05) is 18.5 Å². The number of fused-ring (bicyclic) bond motifs is 1. The van der Waals surface area contributed by atoms with Crippen LogP contribution >= 0.6 is 11.3 Å². The molecule has 0 bridgehead atoms. The fourth-order valence-corrected chi connectivity index (χ4v) is 3.10. The van der Waals surface area contributed by atoms with Crippen molar-refractivity contribution in [1.82, 2.24) is 24.7 Å². The second-order valence-electron chi connectivity index (χ2n) is 5.06. The SMILES string of the molecule is OCCn1ccc(Nc2nc(-c3ccccn3)nc3sccc23)n1. The fraction of sp³-hybridized carbons (Fsp3) is 0.125. The summed E-state index contributed by atoms with van der Waals surface area (Å²) < 4.78 is 1.67. The van der Waals surface area contributed by atoms with Gasteiger partial charge in [0.1, 0.15) is 16.3 Å². The zero-order valence-corrected chi connectivity index (χ0v) is 13.4. The standard InChI is InChI=1S/C16H14N6OS/c23-9-8-22-7-4-13(21-22)18-14-11-5-10-24-16(11)20-15(19-14)12-3-1-2-6-17-12/h1-7,10,23H,8-9H2,(H,18,19,20,21). The summed E-state index contributed by atoms with van der Waals surface area (Å²) in [6, 6.07) is 9.48. The van der Waals surface area contributed by atoms with Gasteiger partial charge in [-0.1, -0.05) is 6.07 Å². The van der Waals surface area contributed by atoms with E-state index in [0.717, 1.165) is 15.9 Å². The van der Waals surface area contributed by atoms with Crippen molar-refractivity contribution < 1.29 is 5.11 Å². The van der Waals surface area contributed by atoms with Gasteiger partial charge in [-0.15, -0.1) is 11.3 Å². The van der Waals surface area contributed by atoms with Gasteiger partial charge in [-0.3, -0.25) is 9.67 Å². The molecule has 0 amide bonds. The van der Waals surface area contributed by atoms with Crippen LogP contribution in [0.1, 0.15) is 0 Å². The van der Waals surface area contributed by atoms with E-state index in [1.54, 1.807) is 22.2 Å². The molecule has 4 rings (SSSR count). The number of anilines is 2. The first kappa shape index (κ1) is 14.7. The third-order valence-corrected chi connectivity index (χ3v) is 4.24. The molecule has 4 aromatic heterocycles. The number of aromatic nitrogens is 5. The van der Waals surface area contributed by atoms with Crippen molar-refractivity contribution in [2.75, 3.05) is 11.9 Å². The molecular weight excluding hydrogens is 324 g/mol. The molecule has 0 saturated heterocycles. The summed E-state index contributed by atoms with van der Waals surface area (Å²) >= 11 is 1.56. The predicted molar refractivity (Wildman–Crippen MR) is 93.2 cm³/mol. The lowest BCUT2D eigenvalue weighted by Gasteiger charge is -2.06. The molecule has 120 valence electrons. The molecule has 4 aromatic rings. The molecule has 0 fully saturated rings. The first-order valence-corrected chi connectivity index (χ1v) is 8.29. The van der Waals surface area contributed by atoms with Crippen molar-refractivity contribution in [3.63, 3.8) is 0 Å². The van der Waals surface area contributed by atoms with E-state index in [2.05, 4.69) is 25.4 Å². The number of hydrogen-bond donors (Lipinski definition) is 2. The molecule has 0 spiro atoms. The fourth-order valence-electron chi connectivity index (χ4n) is 2.34. The molecule has 0 saturated carbocycles. The molecule has 0 unspecified atom stereocenters. The lowest BCUT2D eigenvalue weighted by Crippen LogP contribution is -2.04. The van der Waals surface area contributed by atoms with E-state index in [4.69, 9.17) is 5.11 Å². The minimum absolute atomic E-state index is 0.0488. The van der Waals surface area contributed by atoms with E-state index in [1.165, 1.54) is 0 Å². The molecule has 0 aromatic carbocycles. The monoisotopic (exact) mass is 338 g/mol. The molecule has 24 heavy (non-hydrogen) atoms. The number of nitrogens with one attached hydrogen (secondary N) is 1. The number of pyridine rings is 1. The number of aliphatic hydroxyl groups is 1. The van der Waals surface area contributed by atoms with Gasteiger partial charge in [-0.2, -0.15) is 5.10 Å². The number of nitrogens with zero attached hydrogens (tertiary/aromatic N) is 5. The quantitative estimate of drug-likeness (QED) is 0.581. The first-order chi connectivity index (χ1) is 11.8. The highest BCUT2D eigenvalue weighted by Crippen LogP contribution is 2.29. The first-order valence-electron chi connectivity index (χ1n) is 7.41. The molecule has 0 radical (unpaired) electrons. The molecule has 0 aliphatic heterocycles. The van der Waals surface area contributed by atoms with Crippen molar-refractivity contribution in [2.24, 2.45) is 0 Å². The van der Waals surface area contributed by atoms with E-state index in [-0.39, 0.29) is 6.61 Å². The Labute approximate surface area is 141 Å². The highest BCUT2D eigenvalue weighted by atomic mass is 32.1. The van der Waals surface area contributed by atoms with Crippen LogP contribution in [0.15, 0.2) is 48.1 Å². The number of aliphatic hydroxyl groups excluding tert-OH is 1. The van der Waals surface area contributed by atoms with Crippen LogP contribution in [0.3, 0.4) is 0 Å². The Kier molecular flexibility index (Phi) is 3.89. The van der Waals surface area contributed by atoms with Crippen LogP contribution in [0.4, 0.5) is 11.6 Å². The summed E-state index contributed by atoms with van der Waals surface area (Å²) in [5.41, 5.74) is 0.724. The van der Waals surface area contributed by atoms with Gasteiger partial charge in [0.05, 0.1) is 18.5 Å². The summed E-state index contributed by atoms with van der Waals surface area (Å²) in [6.07, 6.45) is 3.53. The second-order valence-corrected chi connectivity index (χ2v) is 5.96. The third-order valence-electron chi connectivity index (χ3n) is 3.44. The average molecular weight is 338 g/mol. The minimum Gasteiger partial charge on any atom is -0.394 e. The Balaban J connectivity index is 1.74. The topological polar surface area (TPSA) is 88.8 Å². The summed E-state index contributed by atoms with van der Waals surface area (Å²) in [5.74, 6) is 1.93. The third kappa shape index (κ3) is 2.84.